The molecular formula is C14H24N6O. The number of hydrogen-bond acceptors (Lipinski definition) is 6. The molecule has 7 nitrogen and oxygen atoms in total. The van der Waals surface area contributed by atoms with Crippen molar-refractivity contribution in [2.75, 3.05) is 37.5 Å². The van der Waals surface area contributed by atoms with E-state index in [9.17, 15) is 4.79 Å². The van der Waals surface area contributed by atoms with Gasteiger partial charge in [0.05, 0.1) is 6.54 Å². The first-order valence-corrected chi connectivity index (χ1v) is 7.30. The molecule has 0 radical (unpaired) electrons. The number of amides is 1. The van der Waals surface area contributed by atoms with Crippen molar-refractivity contribution in [2.24, 2.45) is 0 Å². The van der Waals surface area contributed by atoms with E-state index in [1.165, 1.54) is 0 Å². The number of hydrogen-bond donors (Lipinski definition) is 1. The number of nitrogens with one attached hydrogen (secondary N) is 1. The van der Waals surface area contributed by atoms with Gasteiger partial charge < -0.3 is 15.1 Å². The highest BCUT2D eigenvalue weighted by Crippen LogP contribution is 2.19. The zero-order valence-electron chi connectivity index (χ0n) is 13.4. The minimum atomic E-state index is 0.0120. The fourth-order valence-electron chi connectivity index (χ4n) is 1.79. The summed E-state index contributed by atoms with van der Waals surface area (Å²) in [7, 11) is 5.61. The number of carbonyl (C=O) groups excluding carboxylic acids is 1. The molecule has 1 aromatic heterocycles. The van der Waals surface area contributed by atoms with Crippen LogP contribution in [0.4, 0.5) is 11.9 Å². The molecule has 0 aliphatic heterocycles. The maximum absolute atomic E-state index is 11.9. The van der Waals surface area contributed by atoms with Crippen LogP contribution in [-0.4, -0.2) is 54.6 Å². The van der Waals surface area contributed by atoms with Crippen molar-refractivity contribution in [1.29, 1.82) is 0 Å². The number of likely N-dealkylation sites (N-methyl/N-ethyl adjacent to an activating group) is 1. The van der Waals surface area contributed by atoms with Gasteiger partial charge in [0, 0.05) is 33.1 Å². The Balaban J connectivity index is 2.13. The van der Waals surface area contributed by atoms with Crippen molar-refractivity contribution >= 4 is 17.8 Å². The Hall–Kier alpha value is -1.92. The zero-order valence-corrected chi connectivity index (χ0v) is 13.4. The molecular weight excluding hydrogens is 268 g/mol. The number of rotatable bonds is 6. The molecule has 1 fully saturated rings. The van der Waals surface area contributed by atoms with Crippen LogP contribution < -0.4 is 15.1 Å². The molecule has 0 saturated heterocycles. The third-order valence-corrected chi connectivity index (χ3v) is 3.21. The highest BCUT2D eigenvalue weighted by molar-refractivity contribution is 5.81. The average Bonchev–Trinajstić information content (AvgIpc) is 3.21. The lowest BCUT2D eigenvalue weighted by Gasteiger charge is -2.20. The lowest BCUT2D eigenvalue weighted by molar-refractivity contribution is -0.119. The average molecular weight is 292 g/mol. The minimum Gasteiger partial charge on any atom is -0.352 e. The molecule has 0 atom stereocenters. The highest BCUT2D eigenvalue weighted by Gasteiger charge is 2.24. The Morgan fingerprint density at radius 3 is 2.33 bits per heavy atom. The smallest absolute Gasteiger partial charge is 0.239 e. The van der Waals surface area contributed by atoms with Crippen LogP contribution in [0.25, 0.3) is 0 Å². The van der Waals surface area contributed by atoms with Gasteiger partial charge in [-0.1, -0.05) is 13.8 Å². The molecule has 0 aromatic carbocycles. The van der Waals surface area contributed by atoms with E-state index in [4.69, 9.17) is 0 Å². The lowest BCUT2D eigenvalue weighted by atomic mass is 10.2. The maximum Gasteiger partial charge on any atom is 0.239 e. The summed E-state index contributed by atoms with van der Waals surface area (Å²) in [6.07, 6.45) is 2.17. The molecule has 1 aliphatic rings. The van der Waals surface area contributed by atoms with Gasteiger partial charge in [0.15, 0.2) is 0 Å². The van der Waals surface area contributed by atoms with Crippen molar-refractivity contribution in [3.05, 3.63) is 5.82 Å². The summed E-state index contributed by atoms with van der Waals surface area (Å²) in [4.78, 5) is 28.8. The molecule has 0 spiro atoms. The number of anilines is 2. The Bertz CT molecular complexity index is 486. The molecule has 116 valence electrons. The van der Waals surface area contributed by atoms with Gasteiger partial charge in [-0.25, -0.2) is 0 Å². The van der Waals surface area contributed by atoms with E-state index < -0.39 is 0 Å². The van der Waals surface area contributed by atoms with Crippen LogP contribution in [0.3, 0.4) is 0 Å². The van der Waals surface area contributed by atoms with Gasteiger partial charge >= 0.3 is 0 Å². The van der Waals surface area contributed by atoms with Crippen LogP contribution in [-0.2, 0) is 4.79 Å². The zero-order chi connectivity index (χ0) is 15.6. The minimum absolute atomic E-state index is 0.0120. The van der Waals surface area contributed by atoms with Crippen molar-refractivity contribution in [2.45, 2.75) is 38.6 Å². The van der Waals surface area contributed by atoms with E-state index in [1.807, 2.05) is 39.9 Å². The van der Waals surface area contributed by atoms with Crippen LogP contribution in [0, 0.1) is 0 Å². The summed E-state index contributed by atoms with van der Waals surface area (Å²) >= 11 is 0. The summed E-state index contributed by atoms with van der Waals surface area (Å²) in [6.45, 7) is 4.33. The quantitative estimate of drug-likeness (QED) is 0.835. The van der Waals surface area contributed by atoms with Crippen LogP contribution >= 0.6 is 0 Å². The summed E-state index contributed by atoms with van der Waals surface area (Å²) in [5.41, 5.74) is 0. The Labute approximate surface area is 125 Å². The Kier molecular flexibility index (Phi) is 4.59. The largest absolute Gasteiger partial charge is 0.352 e. The molecule has 21 heavy (non-hydrogen) atoms. The van der Waals surface area contributed by atoms with Gasteiger partial charge in [0.1, 0.15) is 5.82 Å². The first kappa shape index (κ1) is 15.5. The van der Waals surface area contributed by atoms with E-state index in [2.05, 4.69) is 20.3 Å². The standard InChI is InChI=1S/C14H24N6O/c1-9(2)12-16-13(19(3)4)18-14(17-12)20(5)8-11(21)15-10-6-7-10/h9-10H,6-8H2,1-5H3,(H,15,21). The van der Waals surface area contributed by atoms with Gasteiger partial charge in [-0.05, 0) is 12.8 Å². The van der Waals surface area contributed by atoms with Gasteiger partial charge in [-0.15, -0.1) is 0 Å². The Morgan fingerprint density at radius 1 is 1.19 bits per heavy atom. The molecule has 2 rings (SSSR count). The van der Waals surface area contributed by atoms with Crippen molar-refractivity contribution in [3.63, 3.8) is 0 Å². The summed E-state index contributed by atoms with van der Waals surface area (Å²) in [5, 5.41) is 2.97. The molecule has 7 heteroatoms. The maximum atomic E-state index is 11.9. The number of nitrogens with zero attached hydrogens (tertiary/aromatic N) is 5. The molecule has 0 unspecified atom stereocenters. The van der Waals surface area contributed by atoms with Crippen molar-refractivity contribution < 1.29 is 4.79 Å². The molecule has 1 aromatic rings. The van der Waals surface area contributed by atoms with Crippen LogP contribution in [0.15, 0.2) is 0 Å². The Morgan fingerprint density at radius 2 is 1.81 bits per heavy atom. The van der Waals surface area contributed by atoms with E-state index in [-0.39, 0.29) is 18.4 Å². The first-order valence-electron chi connectivity index (χ1n) is 7.30. The first-order chi connectivity index (χ1) is 9.86. The molecule has 1 saturated carbocycles. The second kappa shape index (κ2) is 6.24. The van der Waals surface area contributed by atoms with Crippen molar-refractivity contribution in [1.82, 2.24) is 20.3 Å². The fraction of sp³-hybridized carbons (Fsp3) is 0.714. The van der Waals surface area contributed by atoms with Gasteiger partial charge in [-0.3, -0.25) is 4.79 Å². The SMILES string of the molecule is CC(C)c1nc(N(C)C)nc(N(C)CC(=O)NC2CC2)n1. The fourth-order valence-corrected chi connectivity index (χ4v) is 1.79. The summed E-state index contributed by atoms with van der Waals surface area (Å²) < 4.78 is 0. The topological polar surface area (TPSA) is 74.2 Å². The lowest BCUT2D eigenvalue weighted by Crippen LogP contribution is -2.37. The number of carbonyl (C=O) groups is 1. The van der Waals surface area contributed by atoms with E-state index in [1.54, 1.807) is 4.90 Å². The molecule has 1 heterocycles. The second-order valence-corrected chi connectivity index (χ2v) is 6.04. The predicted molar refractivity (Wildman–Crippen MR) is 82.7 cm³/mol. The third kappa shape index (κ3) is 4.27. The van der Waals surface area contributed by atoms with Crippen LogP contribution in [0.5, 0.6) is 0 Å². The predicted octanol–water partition coefficient (Wildman–Crippen LogP) is 0.776. The summed E-state index contributed by atoms with van der Waals surface area (Å²) in [6, 6.07) is 0.368. The number of aromatic nitrogens is 3. The van der Waals surface area contributed by atoms with Gasteiger partial charge in [-0.2, -0.15) is 15.0 Å². The highest BCUT2D eigenvalue weighted by atomic mass is 16.2. The summed E-state index contributed by atoms with van der Waals surface area (Å²) in [5.74, 6) is 2.09. The van der Waals surface area contributed by atoms with Crippen LogP contribution in [0.2, 0.25) is 0 Å². The van der Waals surface area contributed by atoms with Crippen molar-refractivity contribution in [3.8, 4) is 0 Å². The molecule has 1 amide bonds. The van der Waals surface area contributed by atoms with Gasteiger partial charge in [0.25, 0.3) is 0 Å². The van der Waals surface area contributed by atoms with E-state index in [0.29, 0.717) is 17.9 Å². The monoisotopic (exact) mass is 292 g/mol. The molecule has 1 aliphatic carbocycles. The molecule has 0 bridgehead atoms. The van der Waals surface area contributed by atoms with E-state index in [0.717, 1.165) is 18.7 Å². The third-order valence-electron chi connectivity index (χ3n) is 3.21. The van der Waals surface area contributed by atoms with Gasteiger partial charge in [0.2, 0.25) is 17.8 Å². The second-order valence-electron chi connectivity index (χ2n) is 6.04. The normalized spacial score (nSPS) is 14.2. The van der Waals surface area contributed by atoms with E-state index >= 15 is 0 Å². The van der Waals surface area contributed by atoms with Crippen LogP contribution in [0.1, 0.15) is 38.4 Å². The molecule has 1 N–H and O–H groups in total.